The van der Waals surface area contributed by atoms with Crippen LogP contribution in [0.1, 0.15) is 12.0 Å². The predicted octanol–water partition coefficient (Wildman–Crippen LogP) is 3.61. The summed E-state index contributed by atoms with van der Waals surface area (Å²) in [6.45, 7) is 0. The molecule has 0 aromatic carbocycles. The van der Waals surface area contributed by atoms with Crippen molar-refractivity contribution in [3.05, 3.63) is 70.8 Å². The summed E-state index contributed by atoms with van der Waals surface area (Å²) in [6.07, 6.45) is 13.8. The Hall–Kier alpha value is -3.20. The van der Waals surface area contributed by atoms with Crippen LogP contribution in [0.4, 0.5) is 5.82 Å². The number of hydrogen-bond donors (Lipinski definition) is 1. The van der Waals surface area contributed by atoms with E-state index in [-0.39, 0.29) is 0 Å². The minimum atomic E-state index is 0.351. The molecule has 0 fully saturated rings. The number of azo groups is 1. The maximum absolute atomic E-state index is 8.95. The first-order valence-electron chi connectivity index (χ1n) is 6.70. The van der Waals surface area contributed by atoms with Gasteiger partial charge in [0.05, 0.1) is 19.0 Å². The lowest BCUT2D eigenvalue weighted by molar-refractivity contribution is 0.300. The number of allylic oxidation sites excluding steroid dienone is 8. The lowest BCUT2D eigenvalue weighted by Crippen LogP contribution is -1.93. The van der Waals surface area contributed by atoms with E-state index >= 15 is 0 Å². The maximum Gasteiger partial charge on any atom is 0.188 e. The minimum Gasteiger partial charge on any atom is -0.496 e. The van der Waals surface area contributed by atoms with Crippen LogP contribution in [0.3, 0.4) is 0 Å². The average Bonchev–Trinajstić information content (AvgIpc) is 2.76. The summed E-state index contributed by atoms with van der Waals surface area (Å²) in [5.74, 6) is 1.16. The second-order valence-corrected chi connectivity index (χ2v) is 4.68. The van der Waals surface area contributed by atoms with E-state index in [0.717, 1.165) is 22.6 Å². The molecule has 3 rings (SSSR count). The summed E-state index contributed by atoms with van der Waals surface area (Å²) in [5, 5.41) is 23.8. The molecule has 1 N–H and O–H groups in total. The molecular formula is C16H13N5O. The van der Waals surface area contributed by atoms with Gasteiger partial charge in [0.1, 0.15) is 17.4 Å². The van der Waals surface area contributed by atoms with Gasteiger partial charge in [-0.1, -0.05) is 24.3 Å². The standard InChI is InChI=1S/C16H13N5O/c1-22-15-7-6-14(11-4-2-3-5-12(15)8-11)19-21-16-13(9-17)10-18-20-16/h2-7,10H,8H2,1H3,(H,18,20). The fourth-order valence-electron chi connectivity index (χ4n) is 2.22. The number of fused-ring (bicyclic) bond motifs is 2. The van der Waals surface area contributed by atoms with E-state index in [1.807, 2.05) is 42.5 Å². The van der Waals surface area contributed by atoms with Crippen LogP contribution in [0.25, 0.3) is 0 Å². The number of H-pyrrole nitrogens is 1. The molecule has 1 aromatic heterocycles. The number of aromatic nitrogens is 2. The Bertz CT molecular complexity index is 812. The summed E-state index contributed by atoms with van der Waals surface area (Å²) >= 11 is 0. The zero-order valence-corrected chi connectivity index (χ0v) is 11.9. The molecule has 0 unspecified atom stereocenters. The maximum atomic E-state index is 8.95. The van der Waals surface area contributed by atoms with Gasteiger partial charge in [-0.3, -0.25) is 5.10 Å². The number of ether oxygens (including phenoxy) is 1. The molecule has 2 bridgehead atoms. The van der Waals surface area contributed by atoms with E-state index in [1.165, 1.54) is 6.20 Å². The van der Waals surface area contributed by atoms with Crippen LogP contribution in [0, 0.1) is 11.3 Å². The fraction of sp³-hybridized carbons (Fsp3) is 0.125. The minimum absolute atomic E-state index is 0.351. The van der Waals surface area contributed by atoms with Gasteiger partial charge in [0.2, 0.25) is 0 Å². The molecule has 0 radical (unpaired) electrons. The first-order chi connectivity index (χ1) is 10.8. The SMILES string of the molecule is COC1=CC=C(N=Nc2[nH]ncc2C#N)C2=CC=CC=C1C2. The van der Waals surface area contributed by atoms with E-state index < -0.39 is 0 Å². The largest absolute Gasteiger partial charge is 0.496 e. The molecule has 6 nitrogen and oxygen atoms in total. The van der Waals surface area contributed by atoms with Crippen LogP contribution < -0.4 is 0 Å². The normalized spacial score (nSPS) is 16.9. The molecule has 22 heavy (non-hydrogen) atoms. The van der Waals surface area contributed by atoms with Crippen molar-refractivity contribution >= 4 is 5.82 Å². The lowest BCUT2D eigenvalue weighted by Gasteiger charge is -2.08. The summed E-state index contributed by atoms with van der Waals surface area (Å²) in [5.41, 5.74) is 3.21. The van der Waals surface area contributed by atoms with Crippen molar-refractivity contribution in [2.24, 2.45) is 10.2 Å². The van der Waals surface area contributed by atoms with E-state index in [0.29, 0.717) is 17.8 Å². The summed E-state index contributed by atoms with van der Waals surface area (Å²) < 4.78 is 5.40. The van der Waals surface area contributed by atoms with Gasteiger partial charge >= 0.3 is 0 Å². The molecule has 0 atom stereocenters. The van der Waals surface area contributed by atoms with Crippen molar-refractivity contribution in [3.63, 3.8) is 0 Å². The molecule has 0 saturated carbocycles. The number of rotatable bonds is 3. The summed E-state index contributed by atoms with van der Waals surface area (Å²) in [6, 6.07) is 2.01. The second-order valence-electron chi connectivity index (χ2n) is 4.68. The monoisotopic (exact) mass is 291 g/mol. The predicted molar refractivity (Wildman–Crippen MR) is 80.9 cm³/mol. The molecule has 108 valence electrons. The summed E-state index contributed by atoms with van der Waals surface area (Å²) in [4.78, 5) is 0. The molecule has 1 heterocycles. The van der Waals surface area contributed by atoms with Gasteiger partial charge in [-0.05, 0) is 23.3 Å². The zero-order valence-electron chi connectivity index (χ0n) is 11.9. The van der Waals surface area contributed by atoms with E-state index in [4.69, 9.17) is 10.00 Å². The Morgan fingerprint density at radius 3 is 2.77 bits per heavy atom. The zero-order chi connectivity index (χ0) is 15.4. The highest BCUT2D eigenvalue weighted by molar-refractivity contribution is 5.50. The lowest BCUT2D eigenvalue weighted by atomic mass is 10.0. The van der Waals surface area contributed by atoms with Gasteiger partial charge in [-0.25, -0.2) is 0 Å². The number of aromatic amines is 1. The van der Waals surface area contributed by atoms with Crippen LogP contribution in [0.15, 0.2) is 75.5 Å². The molecule has 0 aliphatic heterocycles. The molecule has 0 amide bonds. The van der Waals surface area contributed by atoms with Gasteiger partial charge in [0.15, 0.2) is 5.82 Å². The number of hydrogen-bond acceptors (Lipinski definition) is 5. The number of nitrogens with one attached hydrogen (secondary N) is 1. The van der Waals surface area contributed by atoms with Gasteiger partial charge < -0.3 is 4.74 Å². The summed E-state index contributed by atoms with van der Waals surface area (Å²) in [7, 11) is 1.65. The molecule has 2 aliphatic carbocycles. The van der Waals surface area contributed by atoms with Crippen molar-refractivity contribution in [1.29, 1.82) is 5.26 Å². The van der Waals surface area contributed by atoms with E-state index in [2.05, 4.69) is 20.4 Å². The van der Waals surface area contributed by atoms with Gasteiger partial charge in [-0.2, -0.15) is 10.4 Å². The third-order valence-corrected chi connectivity index (χ3v) is 3.34. The number of methoxy groups -OCH3 is 1. The van der Waals surface area contributed by atoms with Gasteiger partial charge in [0.25, 0.3) is 0 Å². The molecule has 0 saturated heterocycles. The third kappa shape index (κ3) is 2.65. The first kappa shape index (κ1) is 13.8. The van der Waals surface area contributed by atoms with Crippen LogP contribution in [-0.2, 0) is 4.74 Å². The van der Waals surface area contributed by atoms with Crippen LogP contribution in [-0.4, -0.2) is 17.3 Å². The molecule has 6 heteroatoms. The van der Waals surface area contributed by atoms with Crippen molar-refractivity contribution < 1.29 is 4.74 Å². The van der Waals surface area contributed by atoms with E-state index in [9.17, 15) is 0 Å². The highest BCUT2D eigenvalue weighted by atomic mass is 16.5. The topological polar surface area (TPSA) is 86.4 Å². The molecule has 2 aliphatic rings. The Labute approximate surface area is 127 Å². The third-order valence-electron chi connectivity index (χ3n) is 3.34. The fourth-order valence-corrected chi connectivity index (χ4v) is 2.22. The molecular weight excluding hydrogens is 278 g/mol. The van der Waals surface area contributed by atoms with Gasteiger partial charge in [-0.15, -0.1) is 10.2 Å². The van der Waals surface area contributed by atoms with Crippen LogP contribution in [0.5, 0.6) is 0 Å². The highest BCUT2D eigenvalue weighted by Gasteiger charge is 2.16. The van der Waals surface area contributed by atoms with Gasteiger partial charge in [0, 0.05) is 6.42 Å². The highest BCUT2D eigenvalue weighted by Crippen LogP contribution is 2.31. The quantitative estimate of drug-likeness (QED) is 0.863. The molecule has 1 aromatic rings. The Morgan fingerprint density at radius 2 is 2.00 bits per heavy atom. The van der Waals surface area contributed by atoms with Crippen molar-refractivity contribution in [2.45, 2.75) is 6.42 Å². The number of nitriles is 1. The Balaban J connectivity index is 1.96. The number of nitrogens with zero attached hydrogens (tertiary/aromatic N) is 4. The second kappa shape index (κ2) is 6.06. The average molecular weight is 291 g/mol. The smallest absolute Gasteiger partial charge is 0.188 e. The van der Waals surface area contributed by atoms with Crippen molar-refractivity contribution in [1.82, 2.24) is 10.2 Å². The van der Waals surface area contributed by atoms with Crippen LogP contribution >= 0.6 is 0 Å². The Kier molecular flexibility index (Phi) is 3.79. The van der Waals surface area contributed by atoms with E-state index in [1.54, 1.807) is 7.11 Å². The van der Waals surface area contributed by atoms with Crippen LogP contribution in [0.2, 0.25) is 0 Å². The first-order valence-corrected chi connectivity index (χ1v) is 6.70. The van der Waals surface area contributed by atoms with Crippen molar-refractivity contribution in [3.8, 4) is 6.07 Å². The Morgan fingerprint density at radius 1 is 1.18 bits per heavy atom. The van der Waals surface area contributed by atoms with Crippen molar-refractivity contribution in [2.75, 3.05) is 7.11 Å². The molecule has 0 spiro atoms.